The van der Waals surface area contributed by atoms with E-state index in [0.717, 1.165) is 0 Å². The smallest absolute Gasteiger partial charge is 0.0356 e. The molecule has 0 fully saturated rings. The first kappa shape index (κ1) is 32.2. The van der Waals surface area contributed by atoms with Crippen LogP contribution in [0.4, 0.5) is 0 Å². The third kappa shape index (κ3) is 4.94. The number of fused-ring (bicyclic) bond motifs is 10. The summed E-state index contributed by atoms with van der Waals surface area (Å²) >= 11 is 0. The van der Waals surface area contributed by atoms with Crippen LogP contribution >= 0.6 is 0 Å². The van der Waals surface area contributed by atoms with Gasteiger partial charge in [-0.05, 0) is 112 Å². The fraction of sp³-hybridized carbons (Fsp3) is 0.0526. The van der Waals surface area contributed by atoms with Gasteiger partial charge in [0.2, 0.25) is 0 Å². The van der Waals surface area contributed by atoms with E-state index in [2.05, 4.69) is 212 Å². The molecule has 0 aliphatic heterocycles. The Hall–Kier alpha value is -7.02. The maximum Gasteiger partial charge on any atom is 0.0356 e. The molecule has 0 saturated heterocycles. The van der Waals surface area contributed by atoms with Crippen molar-refractivity contribution < 1.29 is 0 Å². The summed E-state index contributed by atoms with van der Waals surface area (Å²) in [6.45, 7) is 0. The van der Waals surface area contributed by atoms with Gasteiger partial charge in [0.05, 0.1) is 0 Å². The topological polar surface area (TPSA) is 0 Å². The first-order valence-corrected chi connectivity index (χ1v) is 20.2. The van der Waals surface area contributed by atoms with Crippen LogP contribution in [0.2, 0.25) is 0 Å². The SMILES string of the molecule is c1ccc(-c2cc(-c3ccccc3)cc(C3c4ccccc4-c4ccc5c(c43)C(c3ccc(C4c6ccccc6-c6ccccc64)cc3)c3ccccc3-5)c2)cc1. The van der Waals surface area contributed by atoms with Crippen molar-refractivity contribution in [2.75, 3.05) is 0 Å². The molecule has 2 unspecified atom stereocenters. The average Bonchev–Trinajstić information content (AvgIpc) is 3.93. The molecule has 0 heterocycles. The predicted molar refractivity (Wildman–Crippen MR) is 236 cm³/mol. The van der Waals surface area contributed by atoms with Crippen molar-refractivity contribution in [3.8, 4) is 55.6 Å². The van der Waals surface area contributed by atoms with Crippen molar-refractivity contribution in [3.63, 3.8) is 0 Å². The zero-order chi connectivity index (χ0) is 37.5. The van der Waals surface area contributed by atoms with Gasteiger partial charge in [0.15, 0.2) is 0 Å². The number of hydrogen-bond donors (Lipinski definition) is 0. The fourth-order valence-electron chi connectivity index (χ4n) is 10.5. The van der Waals surface area contributed by atoms with E-state index in [0.29, 0.717) is 0 Å². The Labute approximate surface area is 334 Å². The van der Waals surface area contributed by atoms with E-state index < -0.39 is 0 Å². The highest BCUT2D eigenvalue weighted by molar-refractivity contribution is 5.92. The monoisotopic (exact) mass is 722 g/mol. The van der Waals surface area contributed by atoms with Gasteiger partial charge in [0, 0.05) is 17.8 Å². The highest BCUT2D eigenvalue weighted by Gasteiger charge is 2.40. The molecule has 0 aromatic heterocycles. The van der Waals surface area contributed by atoms with Crippen molar-refractivity contribution in [2.24, 2.45) is 0 Å². The van der Waals surface area contributed by atoms with Crippen LogP contribution in [-0.4, -0.2) is 0 Å². The van der Waals surface area contributed by atoms with Crippen LogP contribution in [0.15, 0.2) is 212 Å². The fourth-order valence-corrected chi connectivity index (χ4v) is 10.5. The van der Waals surface area contributed by atoms with Crippen LogP contribution in [0.1, 0.15) is 67.8 Å². The van der Waals surface area contributed by atoms with Crippen LogP contribution in [0.5, 0.6) is 0 Å². The lowest BCUT2D eigenvalue weighted by atomic mass is 9.79. The minimum Gasteiger partial charge on any atom is -0.0622 e. The third-order valence-electron chi connectivity index (χ3n) is 12.9. The summed E-state index contributed by atoms with van der Waals surface area (Å²) in [6.07, 6.45) is 0. The van der Waals surface area contributed by atoms with Crippen molar-refractivity contribution >= 4 is 0 Å². The molecule has 0 amide bonds. The molecule has 3 aliphatic rings. The Bertz CT molecular complexity index is 2900. The summed E-state index contributed by atoms with van der Waals surface area (Å²) in [7, 11) is 0. The molecule has 0 bridgehead atoms. The molecule has 0 saturated carbocycles. The molecular formula is C57H38. The highest BCUT2D eigenvalue weighted by atomic mass is 14.4. The summed E-state index contributed by atoms with van der Waals surface area (Å²) in [4.78, 5) is 0. The molecule has 2 atom stereocenters. The van der Waals surface area contributed by atoms with Crippen LogP contribution < -0.4 is 0 Å². The van der Waals surface area contributed by atoms with E-state index in [9.17, 15) is 0 Å². The van der Waals surface area contributed by atoms with Gasteiger partial charge < -0.3 is 0 Å². The van der Waals surface area contributed by atoms with Crippen molar-refractivity contribution in [3.05, 3.63) is 262 Å². The van der Waals surface area contributed by atoms with Crippen LogP contribution in [0, 0.1) is 0 Å². The molecule has 266 valence electrons. The maximum atomic E-state index is 2.46. The van der Waals surface area contributed by atoms with E-state index in [1.165, 1.54) is 106 Å². The Kier molecular flexibility index (Phi) is 7.22. The standard InChI is InChI=1S/C57H38/c1-3-15-36(16-4-1)40-33-41(37-17-5-2-6-18-37)35-42(34-40)55-50-26-14-10-22-46(50)52-32-31-51-45-21-9-13-25-49(45)54(56(51)57(52)55)39-29-27-38(28-30-39)53-47-23-11-7-19-43(47)44-20-8-12-24-48(44)53/h1-35,53-55H. The van der Waals surface area contributed by atoms with Gasteiger partial charge in [-0.2, -0.15) is 0 Å². The largest absolute Gasteiger partial charge is 0.0622 e. The van der Waals surface area contributed by atoms with Crippen molar-refractivity contribution in [1.29, 1.82) is 0 Å². The zero-order valence-electron chi connectivity index (χ0n) is 31.4. The van der Waals surface area contributed by atoms with Gasteiger partial charge in [-0.3, -0.25) is 0 Å². The summed E-state index contributed by atoms with van der Waals surface area (Å²) in [5, 5.41) is 0. The summed E-state index contributed by atoms with van der Waals surface area (Å²) in [5.74, 6) is 0.430. The van der Waals surface area contributed by atoms with Gasteiger partial charge in [0.1, 0.15) is 0 Å². The summed E-state index contributed by atoms with van der Waals surface area (Å²) in [5.41, 5.74) is 25.6. The van der Waals surface area contributed by atoms with Gasteiger partial charge in [-0.1, -0.05) is 206 Å². The molecule has 0 N–H and O–H groups in total. The summed E-state index contributed by atoms with van der Waals surface area (Å²) < 4.78 is 0. The second-order valence-electron chi connectivity index (χ2n) is 15.9. The number of rotatable bonds is 5. The molecule has 0 radical (unpaired) electrons. The predicted octanol–water partition coefficient (Wildman–Crippen LogP) is 14.5. The van der Waals surface area contributed by atoms with E-state index in [4.69, 9.17) is 0 Å². The second kappa shape index (κ2) is 12.8. The van der Waals surface area contributed by atoms with E-state index in [1.54, 1.807) is 0 Å². The first-order chi connectivity index (χ1) is 28.3. The van der Waals surface area contributed by atoms with Gasteiger partial charge >= 0.3 is 0 Å². The van der Waals surface area contributed by atoms with Crippen molar-refractivity contribution in [2.45, 2.75) is 17.8 Å². The minimum atomic E-state index is 0.0832. The minimum absolute atomic E-state index is 0.0832. The Balaban J connectivity index is 1.05. The third-order valence-corrected chi connectivity index (χ3v) is 12.9. The van der Waals surface area contributed by atoms with Gasteiger partial charge in [-0.25, -0.2) is 0 Å². The Morgan fingerprint density at radius 1 is 0.211 bits per heavy atom. The Morgan fingerprint density at radius 2 is 0.544 bits per heavy atom. The van der Waals surface area contributed by atoms with Crippen molar-refractivity contribution in [1.82, 2.24) is 0 Å². The van der Waals surface area contributed by atoms with E-state index >= 15 is 0 Å². The second-order valence-corrected chi connectivity index (χ2v) is 15.9. The van der Waals surface area contributed by atoms with E-state index in [-0.39, 0.29) is 17.8 Å². The molecule has 0 spiro atoms. The van der Waals surface area contributed by atoms with Gasteiger partial charge in [0.25, 0.3) is 0 Å². The lowest BCUT2D eigenvalue weighted by Gasteiger charge is -2.24. The molecule has 9 aromatic rings. The molecule has 57 heavy (non-hydrogen) atoms. The maximum absolute atomic E-state index is 2.46. The number of hydrogen-bond acceptors (Lipinski definition) is 0. The van der Waals surface area contributed by atoms with E-state index in [1.807, 2.05) is 0 Å². The lowest BCUT2D eigenvalue weighted by molar-refractivity contribution is 0.934. The van der Waals surface area contributed by atoms with Crippen LogP contribution in [0.3, 0.4) is 0 Å². The van der Waals surface area contributed by atoms with Crippen LogP contribution in [-0.2, 0) is 0 Å². The molecule has 3 aliphatic carbocycles. The molecule has 0 heteroatoms. The molecule has 0 nitrogen and oxygen atoms in total. The lowest BCUT2D eigenvalue weighted by Crippen LogP contribution is -2.08. The summed E-state index contributed by atoms with van der Waals surface area (Å²) in [6, 6.07) is 79.7. The molecule has 9 aromatic carbocycles. The molecular weight excluding hydrogens is 685 g/mol. The molecule has 12 rings (SSSR count). The average molecular weight is 723 g/mol. The Morgan fingerprint density at radius 3 is 0.982 bits per heavy atom. The first-order valence-electron chi connectivity index (χ1n) is 20.2. The highest BCUT2D eigenvalue weighted by Crippen LogP contribution is 2.59. The van der Waals surface area contributed by atoms with Crippen LogP contribution in [0.25, 0.3) is 55.6 Å². The zero-order valence-corrected chi connectivity index (χ0v) is 31.4. The normalized spacial score (nSPS) is 15.6. The number of benzene rings is 9. The quantitative estimate of drug-likeness (QED) is 0.166. The van der Waals surface area contributed by atoms with Gasteiger partial charge in [-0.15, -0.1) is 0 Å².